The van der Waals surface area contributed by atoms with E-state index in [0.717, 1.165) is 25.6 Å². The molecule has 1 saturated heterocycles. The van der Waals surface area contributed by atoms with Gasteiger partial charge in [-0.15, -0.1) is 0 Å². The molecule has 0 unspecified atom stereocenters. The summed E-state index contributed by atoms with van der Waals surface area (Å²) in [5.74, 6) is 0.991. The maximum atomic E-state index is 4.61. The lowest BCUT2D eigenvalue weighted by Crippen LogP contribution is -2.38. The van der Waals surface area contributed by atoms with Crippen LogP contribution in [-0.2, 0) is 0 Å². The van der Waals surface area contributed by atoms with Crippen LogP contribution in [-0.4, -0.2) is 50.1 Å². The van der Waals surface area contributed by atoms with Gasteiger partial charge in [0.2, 0.25) is 0 Å². The van der Waals surface area contributed by atoms with Crippen molar-refractivity contribution in [2.24, 2.45) is 4.99 Å². The third-order valence-corrected chi connectivity index (χ3v) is 3.77. The third kappa shape index (κ3) is 8.41. The number of hydrogen-bond donors (Lipinski definition) is 2. The second-order valence-electron chi connectivity index (χ2n) is 5.65. The normalized spacial score (nSPS) is 16.6. The van der Waals surface area contributed by atoms with Gasteiger partial charge in [0.15, 0.2) is 5.96 Å². The molecule has 0 aliphatic carbocycles. The highest BCUT2D eigenvalue weighted by atomic mass is 15.2. The summed E-state index contributed by atoms with van der Waals surface area (Å²) in [7, 11) is 0. The molecule has 0 bridgehead atoms. The van der Waals surface area contributed by atoms with Crippen LogP contribution >= 0.6 is 0 Å². The van der Waals surface area contributed by atoms with E-state index in [1.807, 2.05) is 0 Å². The van der Waals surface area contributed by atoms with Gasteiger partial charge in [-0.3, -0.25) is 4.99 Å². The van der Waals surface area contributed by atoms with Crippen molar-refractivity contribution >= 4 is 5.96 Å². The van der Waals surface area contributed by atoms with Gasteiger partial charge in [-0.25, -0.2) is 0 Å². The Balaban J connectivity index is 2.04. The third-order valence-electron chi connectivity index (χ3n) is 3.77. The Morgan fingerprint density at radius 2 is 1.80 bits per heavy atom. The fraction of sp³-hybridized carbons (Fsp3) is 0.938. The molecular formula is C16H34N4. The van der Waals surface area contributed by atoms with Crippen molar-refractivity contribution in [1.29, 1.82) is 0 Å². The average molecular weight is 282 g/mol. The molecule has 1 rings (SSSR count). The summed E-state index contributed by atoms with van der Waals surface area (Å²) in [6.07, 6.45) is 9.05. The van der Waals surface area contributed by atoms with E-state index in [2.05, 4.69) is 34.4 Å². The summed E-state index contributed by atoms with van der Waals surface area (Å²) in [6, 6.07) is 0. The molecule has 1 aliphatic heterocycles. The summed E-state index contributed by atoms with van der Waals surface area (Å²) in [5.41, 5.74) is 0. The molecule has 4 heteroatoms. The Labute approximate surface area is 125 Å². The average Bonchev–Trinajstić information content (AvgIpc) is 2.96. The van der Waals surface area contributed by atoms with Crippen LogP contribution in [0.4, 0.5) is 0 Å². The number of likely N-dealkylation sites (tertiary alicyclic amines) is 1. The molecule has 4 nitrogen and oxygen atoms in total. The molecule has 0 aromatic rings. The molecule has 0 radical (unpaired) electrons. The molecule has 0 amide bonds. The van der Waals surface area contributed by atoms with E-state index < -0.39 is 0 Å². The molecular weight excluding hydrogens is 248 g/mol. The van der Waals surface area contributed by atoms with Gasteiger partial charge >= 0.3 is 0 Å². The predicted octanol–water partition coefficient (Wildman–Crippen LogP) is 2.61. The highest BCUT2D eigenvalue weighted by Crippen LogP contribution is 2.07. The fourth-order valence-electron chi connectivity index (χ4n) is 2.57. The zero-order valence-corrected chi connectivity index (χ0v) is 13.6. The largest absolute Gasteiger partial charge is 0.357 e. The minimum atomic E-state index is 0.938. The second-order valence-corrected chi connectivity index (χ2v) is 5.65. The first kappa shape index (κ1) is 17.3. The summed E-state index contributed by atoms with van der Waals surface area (Å²) in [5, 5.41) is 6.76. The standard InChI is InChI=1S/C16H34N4/c1-3-5-6-11-18-16(17-4-2)19-12-7-8-13-20-14-9-10-15-20/h3-15H2,1-2H3,(H2,17,18,19). The van der Waals surface area contributed by atoms with Crippen LogP contribution in [0.1, 0.15) is 58.8 Å². The van der Waals surface area contributed by atoms with Gasteiger partial charge in [0.05, 0.1) is 0 Å². The first-order valence-corrected chi connectivity index (χ1v) is 8.61. The lowest BCUT2D eigenvalue weighted by Gasteiger charge is -2.15. The van der Waals surface area contributed by atoms with Crippen LogP contribution in [0.3, 0.4) is 0 Å². The Morgan fingerprint density at radius 3 is 2.50 bits per heavy atom. The molecule has 2 N–H and O–H groups in total. The number of unbranched alkanes of at least 4 members (excludes halogenated alkanes) is 3. The molecule has 1 aliphatic rings. The van der Waals surface area contributed by atoms with Gasteiger partial charge in [-0.1, -0.05) is 19.8 Å². The van der Waals surface area contributed by atoms with Crippen molar-refractivity contribution in [3.63, 3.8) is 0 Å². The Kier molecular flexibility index (Phi) is 10.4. The molecule has 0 spiro atoms. The maximum absolute atomic E-state index is 4.61. The quantitative estimate of drug-likeness (QED) is 0.367. The Hall–Kier alpha value is -0.770. The van der Waals surface area contributed by atoms with Crippen molar-refractivity contribution in [1.82, 2.24) is 15.5 Å². The molecule has 0 atom stereocenters. The van der Waals surface area contributed by atoms with Crippen molar-refractivity contribution in [3.8, 4) is 0 Å². The fourth-order valence-corrected chi connectivity index (χ4v) is 2.57. The van der Waals surface area contributed by atoms with Gasteiger partial charge in [-0.05, 0) is 58.7 Å². The summed E-state index contributed by atoms with van der Waals surface area (Å²) in [4.78, 5) is 7.20. The SMILES string of the molecule is CCCCCN=C(NCC)NCCCCN1CCCC1. The molecule has 0 aromatic heterocycles. The van der Waals surface area contributed by atoms with Crippen molar-refractivity contribution in [2.75, 3.05) is 39.3 Å². The molecule has 118 valence electrons. The molecule has 1 heterocycles. The predicted molar refractivity (Wildman–Crippen MR) is 88.4 cm³/mol. The molecule has 20 heavy (non-hydrogen) atoms. The van der Waals surface area contributed by atoms with Crippen LogP contribution < -0.4 is 10.6 Å². The van der Waals surface area contributed by atoms with Gasteiger partial charge in [-0.2, -0.15) is 0 Å². The zero-order chi connectivity index (χ0) is 14.5. The van der Waals surface area contributed by atoms with Gasteiger partial charge in [0.1, 0.15) is 0 Å². The van der Waals surface area contributed by atoms with E-state index in [-0.39, 0.29) is 0 Å². The van der Waals surface area contributed by atoms with Crippen molar-refractivity contribution in [3.05, 3.63) is 0 Å². The van der Waals surface area contributed by atoms with Crippen LogP contribution in [0.25, 0.3) is 0 Å². The van der Waals surface area contributed by atoms with E-state index in [0.29, 0.717) is 0 Å². The molecule has 1 fully saturated rings. The Bertz CT molecular complexity index is 247. The minimum Gasteiger partial charge on any atom is -0.357 e. The number of hydrogen-bond acceptors (Lipinski definition) is 2. The van der Waals surface area contributed by atoms with Crippen LogP contribution in [0.2, 0.25) is 0 Å². The first-order valence-electron chi connectivity index (χ1n) is 8.61. The monoisotopic (exact) mass is 282 g/mol. The van der Waals surface area contributed by atoms with Crippen molar-refractivity contribution in [2.45, 2.75) is 58.8 Å². The van der Waals surface area contributed by atoms with E-state index in [9.17, 15) is 0 Å². The topological polar surface area (TPSA) is 39.7 Å². The number of rotatable bonds is 10. The van der Waals surface area contributed by atoms with E-state index in [4.69, 9.17) is 0 Å². The molecule has 0 saturated carbocycles. The second kappa shape index (κ2) is 12.0. The van der Waals surface area contributed by atoms with Gasteiger partial charge in [0, 0.05) is 19.6 Å². The summed E-state index contributed by atoms with van der Waals surface area (Å²) in [6.45, 7) is 11.2. The number of guanidine groups is 1. The van der Waals surface area contributed by atoms with Crippen LogP contribution in [0, 0.1) is 0 Å². The van der Waals surface area contributed by atoms with Crippen molar-refractivity contribution < 1.29 is 0 Å². The van der Waals surface area contributed by atoms with Crippen LogP contribution in [0.5, 0.6) is 0 Å². The number of nitrogens with one attached hydrogen (secondary N) is 2. The van der Waals surface area contributed by atoms with E-state index >= 15 is 0 Å². The smallest absolute Gasteiger partial charge is 0.191 e. The highest BCUT2D eigenvalue weighted by Gasteiger charge is 2.09. The van der Waals surface area contributed by atoms with Crippen LogP contribution in [0.15, 0.2) is 4.99 Å². The number of aliphatic imine (C=N–C) groups is 1. The maximum Gasteiger partial charge on any atom is 0.191 e. The first-order chi connectivity index (χ1) is 9.86. The van der Waals surface area contributed by atoms with Gasteiger partial charge in [0.25, 0.3) is 0 Å². The number of nitrogens with zero attached hydrogens (tertiary/aromatic N) is 2. The summed E-state index contributed by atoms with van der Waals surface area (Å²) >= 11 is 0. The Morgan fingerprint density at radius 1 is 1.00 bits per heavy atom. The lowest BCUT2D eigenvalue weighted by atomic mass is 10.2. The highest BCUT2D eigenvalue weighted by molar-refractivity contribution is 5.79. The zero-order valence-electron chi connectivity index (χ0n) is 13.6. The van der Waals surface area contributed by atoms with Gasteiger partial charge < -0.3 is 15.5 Å². The molecule has 0 aromatic carbocycles. The lowest BCUT2D eigenvalue weighted by molar-refractivity contribution is 0.330. The van der Waals surface area contributed by atoms with E-state index in [1.165, 1.54) is 64.6 Å². The van der Waals surface area contributed by atoms with E-state index in [1.54, 1.807) is 0 Å². The summed E-state index contributed by atoms with van der Waals surface area (Å²) < 4.78 is 0. The minimum absolute atomic E-state index is 0.938.